The van der Waals surface area contributed by atoms with Crippen molar-refractivity contribution >= 4 is 0 Å². The van der Waals surface area contributed by atoms with E-state index < -0.39 is 0 Å². The molecule has 0 spiro atoms. The number of rotatable bonds is 3. The summed E-state index contributed by atoms with van der Waals surface area (Å²) < 4.78 is 0. The first-order valence-electron chi connectivity index (χ1n) is 3.32. The molecule has 0 bridgehead atoms. The van der Waals surface area contributed by atoms with E-state index in [1.165, 1.54) is 0 Å². The van der Waals surface area contributed by atoms with E-state index in [1.807, 2.05) is 38.2 Å². The summed E-state index contributed by atoms with van der Waals surface area (Å²) in [5, 5.41) is 0. The molecule has 0 rings (SSSR count). The quantitative estimate of drug-likeness (QED) is 0.592. The van der Waals surface area contributed by atoms with Gasteiger partial charge in [-0.05, 0) is 13.8 Å². The number of allylic oxidation sites excluding steroid dienone is 4. The first kappa shape index (κ1) is 9.18. The Hall–Kier alpha value is -0.820. The van der Waals surface area contributed by atoms with Crippen molar-refractivity contribution in [1.29, 1.82) is 0 Å². The summed E-state index contributed by atoms with van der Waals surface area (Å²) in [5.74, 6) is 0. The Kier molecular flexibility index (Phi) is 3.74. The number of hydrogen-bond acceptors (Lipinski definition) is 1. The van der Waals surface area contributed by atoms with Crippen molar-refractivity contribution in [3.8, 4) is 0 Å². The highest BCUT2D eigenvalue weighted by Gasteiger charge is 2.01. The van der Waals surface area contributed by atoms with E-state index in [4.69, 9.17) is 5.73 Å². The summed E-state index contributed by atoms with van der Waals surface area (Å²) in [6.07, 6.45) is 9.35. The fourth-order valence-electron chi connectivity index (χ4n) is 0.446. The van der Waals surface area contributed by atoms with Gasteiger partial charge in [-0.2, -0.15) is 0 Å². The third kappa shape index (κ3) is 7.18. The van der Waals surface area contributed by atoms with Crippen LogP contribution in [0.1, 0.15) is 13.8 Å². The van der Waals surface area contributed by atoms with Crippen LogP contribution >= 0.6 is 0 Å². The van der Waals surface area contributed by atoms with Crippen molar-refractivity contribution < 1.29 is 0 Å². The molecule has 0 saturated heterocycles. The first-order valence-corrected chi connectivity index (χ1v) is 3.32. The van der Waals surface area contributed by atoms with Gasteiger partial charge in [-0.3, -0.25) is 0 Å². The third-order valence-electron chi connectivity index (χ3n) is 0.884. The van der Waals surface area contributed by atoms with E-state index >= 15 is 0 Å². The Labute approximate surface area is 62.9 Å². The lowest BCUT2D eigenvalue weighted by molar-refractivity contribution is 0.654. The van der Waals surface area contributed by atoms with Crippen molar-refractivity contribution in [3.63, 3.8) is 0 Å². The monoisotopic (exact) mass is 137 g/mol. The lowest BCUT2D eigenvalue weighted by Crippen LogP contribution is -2.28. The predicted molar refractivity (Wildman–Crippen MR) is 46.7 cm³/mol. The highest BCUT2D eigenvalue weighted by atomic mass is 14.7. The fraction of sp³-hybridized carbons (Fsp3) is 0.333. The maximum atomic E-state index is 5.67. The summed E-state index contributed by atoms with van der Waals surface area (Å²) in [7, 11) is 0. The summed E-state index contributed by atoms with van der Waals surface area (Å²) in [4.78, 5) is 0. The molecule has 0 fully saturated rings. The van der Waals surface area contributed by atoms with E-state index in [0.717, 1.165) is 0 Å². The van der Waals surface area contributed by atoms with Crippen LogP contribution < -0.4 is 5.73 Å². The molecule has 0 aliphatic rings. The summed E-state index contributed by atoms with van der Waals surface area (Å²) in [5.41, 5.74) is 5.45. The molecule has 1 nitrogen and oxygen atoms in total. The van der Waals surface area contributed by atoms with Gasteiger partial charge in [0.05, 0.1) is 0 Å². The Balaban J connectivity index is 3.77. The van der Waals surface area contributed by atoms with Crippen LogP contribution in [0.15, 0.2) is 37.0 Å². The lowest BCUT2D eigenvalue weighted by atomic mass is 10.1. The van der Waals surface area contributed by atoms with Gasteiger partial charge in [-0.1, -0.05) is 37.0 Å². The first-order chi connectivity index (χ1) is 4.56. The molecule has 0 unspecified atom stereocenters. The maximum Gasteiger partial charge on any atom is 0.0284 e. The molecule has 10 heavy (non-hydrogen) atoms. The van der Waals surface area contributed by atoms with Crippen molar-refractivity contribution in [2.24, 2.45) is 5.73 Å². The van der Waals surface area contributed by atoms with E-state index in [0.29, 0.717) is 0 Å². The van der Waals surface area contributed by atoms with Gasteiger partial charge in [0.2, 0.25) is 0 Å². The molecule has 2 N–H and O–H groups in total. The second-order valence-electron chi connectivity index (χ2n) is 2.80. The van der Waals surface area contributed by atoms with Gasteiger partial charge < -0.3 is 5.73 Å². The van der Waals surface area contributed by atoms with Crippen LogP contribution in [-0.2, 0) is 0 Å². The second kappa shape index (κ2) is 4.07. The van der Waals surface area contributed by atoms with Crippen LogP contribution in [0.2, 0.25) is 0 Å². The van der Waals surface area contributed by atoms with E-state index in [9.17, 15) is 0 Å². The Morgan fingerprint density at radius 3 is 2.20 bits per heavy atom. The summed E-state index contributed by atoms with van der Waals surface area (Å²) in [6, 6.07) is 0. The van der Waals surface area contributed by atoms with Crippen LogP contribution in [0.3, 0.4) is 0 Å². The van der Waals surface area contributed by atoms with Gasteiger partial charge in [0, 0.05) is 5.54 Å². The van der Waals surface area contributed by atoms with E-state index in [2.05, 4.69) is 6.58 Å². The van der Waals surface area contributed by atoms with Gasteiger partial charge in [0.15, 0.2) is 0 Å². The molecule has 0 aromatic rings. The highest BCUT2D eigenvalue weighted by molar-refractivity contribution is 5.12. The van der Waals surface area contributed by atoms with E-state index in [1.54, 1.807) is 6.08 Å². The maximum absolute atomic E-state index is 5.67. The molecule has 0 aliphatic heterocycles. The van der Waals surface area contributed by atoms with Gasteiger partial charge in [0.25, 0.3) is 0 Å². The van der Waals surface area contributed by atoms with Crippen LogP contribution in [0.5, 0.6) is 0 Å². The highest BCUT2D eigenvalue weighted by Crippen LogP contribution is 1.97. The minimum atomic E-state index is -0.217. The largest absolute Gasteiger partial charge is 0.322 e. The second-order valence-corrected chi connectivity index (χ2v) is 2.80. The molecule has 0 saturated carbocycles. The molecule has 0 heterocycles. The molecular formula is C9H15N. The zero-order chi connectivity index (χ0) is 8.04. The van der Waals surface area contributed by atoms with Crippen LogP contribution in [0.25, 0.3) is 0 Å². The van der Waals surface area contributed by atoms with Crippen molar-refractivity contribution in [1.82, 2.24) is 0 Å². The zero-order valence-corrected chi connectivity index (χ0v) is 6.67. The van der Waals surface area contributed by atoms with Gasteiger partial charge in [-0.25, -0.2) is 0 Å². The van der Waals surface area contributed by atoms with Crippen molar-refractivity contribution in [2.75, 3.05) is 0 Å². The number of nitrogens with two attached hydrogens (primary N) is 1. The van der Waals surface area contributed by atoms with Crippen molar-refractivity contribution in [3.05, 3.63) is 37.0 Å². The molecule has 0 aromatic heterocycles. The predicted octanol–water partition coefficient (Wildman–Crippen LogP) is 2.02. The molecule has 0 amide bonds. The standard InChI is InChI=1S/C9H15N/c1-4-5-6-7-8-9(2,3)10/h4-8H,1,10H2,2-3H3/b6-5-,8-7+. The number of hydrogen-bond donors (Lipinski definition) is 1. The Bertz CT molecular complexity index is 147. The molecule has 0 aliphatic carbocycles. The average Bonchev–Trinajstić information content (AvgIpc) is 1.78. The molecular weight excluding hydrogens is 122 g/mol. The van der Waals surface area contributed by atoms with Gasteiger partial charge >= 0.3 is 0 Å². The van der Waals surface area contributed by atoms with E-state index in [-0.39, 0.29) is 5.54 Å². The average molecular weight is 137 g/mol. The van der Waals surface area contributed by atoms with Crippen LogP contribution in [0.4, 0.5) is 0 Å². The lowest BCUT2D eigenvalue weighted by Gasteiger charge is -2.10. The normalized spacial score (nSPS) is 13.1. The third-order valence-corrected chi connectivity index (χ3v) is 0.884. The molecule has 56 valence electrons. The Morgan fingerprint density at radius 1 is 1.20 bits per heavy atom. The zero-order valence-electron chi connectivity index (χ0n) is 6.67. The fourth-order valence-corrected chi connectivity index (χ4v) is 0.446. The van der Waals surface area contributed by atoms with Crippen molar-refractivity contribution in [2.45, 2.75) is 19.4 Å². The van der Waals surface area contributed by atoms with Crippen LogP contribution in [-0.4, -0.2) is 5.54 Å². The topological polar surface area (TPSA) is 26.0 Å². The Morgan fingerprint density at radius 2 is 1.80 bits per heavy atom. The van der Waals surface area contributed by atoms with Gasteiger partial charge in [0.1, 0.15) is 0 Å². The summed E-state index contributed by atoms with van der Waals surface area (Å²) >= 11 is 0. The smallest absolute Gasteiger partial charge is 0.0284 e. The molecule has 0 radical (unpaired) electrons. The molecule has 1 heteroatoms. The van der Waals surface area contributed by atoms with Crippen LogP contribution in [0, 0.1) is 0 Å². The molecule has 0 aromatic carbocycles. The van der Waals surface area contributed by atoms with Gasteiger partial charge in [-0.15, -0.1) is 0 Å². The SMILES string of the molecule is C=C/C=C\C=C\C(C)(C)N. The minimum Gasteiger partial charge on any atom is -0.322 e. The minimum absolute atomic E-state index is 0.217. The molecule has 0 atom stereocenters. The summed E-state index contributed by atoms with van der Waals surface area (Å²) in [6.45, 7) is 7.44.